The molecule has 1 fully saturated rings. The van der Waals surface area contributed by atoms with Crippen LogP contribution in [-0.4, -0.2) is 54.3 Å². The Morgan fingerprint density at radius 2 is 1.84 bits per heavy atom. The molecule has 1 aromatic rings. The van der Waals surface area contributed by atoms with E-state index in [1.807, 2.05) is 9.80 Å². The zero-order valence-corrected chi connectivity index (χ0v) is 15.5. The number of carbonyl (C=O) groups excluding carboxylic acids is 2. The van der Waals surface area contributed by atoms with Crippen LogP contribution in [0.2, 0.25) is 0 Å². The molecule has 1 aromatic carbocycles. The van der Waals surface area contributed by atoms with E-state index in [1.165, 1.54) is 16.7 Å². The average molecular weight is 343 g/mol. The van der Waals surface area contributed by atoms with Gasteiger partial charge in [0, 0.05) is 52.1 Å². The Balaban J connectivity index is 1.48. The first-order valence-electron chi connectivity index (χ1n) is 9.32. The fourth-order valence-corrected chi connectivity index (χ4v) is 4.04. The normalized spacial score (nSPS) is 22.8. The molecule has 1 aliphatic carbocycles. The zero-order valence-electron chi connectivity index (χ0n) is 15.5. The first kappa shape index (κ1) is 17.9. The van der Waals surface area contributed by atoms with Gasteiger partial charge in [0.2, 0.25) is 11.8 Å². The van der Waals surface area contributed by atoms with Gasteiger partial charge in [0.1, 0.15) is 0 Å². The molecule has 0 spiro atoms. The lowest BCUT2D eigenvalue weighted by molar-refractivity contribution is -0.138. The van der Waals surface area contributed by atoms with Gasteiger partial charge in [0.05, 0.1) is 0 Å². The highest BCUT2D eigenvalue weighted by Gasteiger charge is 2.29. The van der Waals surface area contributed by atoms with Crippen molar-refractivity contribution in [3.63, 3.8) is 0 Å². The lowest BCUT2D eigenvalue weighted by atomic mass is 10.0. The van der Waals surface area contributed by atoms with Crippen LogP contribution in [0.4, 0.5) is 0 Å². The smallest absolute Gasteiger partial charge is 0.223 e. The number of nitrogens with one attached hydrogen (secondary N) is 1. The van der Waals surface area contributed by atoms with Gasteiger partial charge in [-0.2, -0.15) is 0 Å². The third-order valence-electron chi connectivity index (χ3n) is 5.53. The Bertz CT molecular complexity index is 650. The van der Waals surface area contributed by atoms with Crippen LogP contribution < -0.4 is 5.32 Å². The van der Waals surface area contributed by atoms with Crippen LogP contribution in [0, 0.1) is 12.8 Å². The number of rotatable bonds is 4. The number of nitrogens with zero attached hydrogens (tertiary/aromatic N) is 2. The molecule has 2 atom stereocenters. The summed E-state index contributed by atoms with van der Waals surface area (Å²) in [6, 6.07) is 7.04. The highest BCUT2D eigenvalue weighted by Crippen LogP contribution is 2.36. The van der Waals surface area contributed by atoms with Crippen LogP contribution in [0.3, 0.4) is 0 Å². The first-order chi connectivity index (χ1) is 12.0. The van der Waals surface area contributed by atoms with Crippen molar-refractivity contribution < 1.29 is 9.59 Å². The predicted molar refractivity (Wildman–Crippen MR) is 98.2 cm³/mol. The van der Waals surface area contributed by atoms with Gasteiger partial charge in [0.15, 0.2) is 0 Å². The molecule has 2 amide bonds. The fourth-order valence-electron chi connectivity index (χ4n) is 4.04. The van der Waals surface area contributed by atoms with Gasteiger partial charge in [-0.1, -0.05) is 30.7 Å². The Morgan fingerprint density at radius 1 is 1.16 bits per heavy atom. The Hall–Kier alpha value is -1.88. The molecule has 5 heteroatoms. The van der Waals surface area contributed by atoms with Crippen molar-refractivity contribution in [1.82, 2.24) is 15.1 Å². The minimum atomic E-state index is 0.0953. The molecule has 0 unspecified atom stereocenters. The molecule has 0 aromatic heterocycles. The van der Waals surface area contributed by atoms with Crippen molar-refractivity contribution in [2.24, 2.45) is 5.92 Å². The number of carbonyl (C=O) groups is 2. The minimum absolute atomic E-state index is 0.0953. The van der Waals surface area contributed by atoms with E-state index in [2.05, 4.69) is 37.4 Å². The third kappa shape index (κ3) is 4.03. The summed E-state index contributed by atoms with van der Waals surface area (Å²) in [5.74, 6) is 0.842. The van der Waals surface area contributed by atoms with Gasteiger partial charge in [0.25, 0.3) is 0 Å². The van der Waals surface area contributed by atoms with Crippen LogP contribution in [0.25, 0.3) is 0 Å². The maximum Gasteiger partial charge on any atom is 0.223 e. The van der Waals surface area contributed by atoms with Crippen molar-refractivity contribution in [2.75, 3.05) is 32.7 Å². The maximum atomic E-state index is 12.4. The number of amides is 2. The summed E-state index contributed by atoms with van der Waals surface area (Å²) in [5, 5.41) is 3.60. The highest BCUT2D eigenvalue weighted by atomic mass is 16.2. The molecule has 136 valence electrons. The summed E-state index contributed by atoms with van der Waals surface area (Å²) >= 11 is 0. The molecule has 3 rings (SSSR count). The molecule has 1 aliphatic heterocycles. The van der Waals surface area contributed by atoms with E-state index < -0.39 is 0 Å². The summed E-state index contributed by atoms with van der Waals surface area (Å²) in [6.45, 7) is 9.31. The Kier molecular flexibility index (Phi) is 5.42. The molecule has 25 heavy (non-hydrogen) atoms. The molecule has 2 aliphatic rings. The number of benzene rings is 1. The number of fused-ring (bicyclic) bond motifs is 1. The second-order valence-electron chi connectivity index (χ2n) is 7.45. The molecular formula is C20H29N3O2. The van der Waals surface area contributed by atoms with E-state index in [0.29, 0.717) is 51.1 Å². The summed E-state index contributed by atoms with van der Waals surface area (Å²) in [5.41, 5.74) is 4.12. The predicted octanol–water partition coefficient (Wildman–Crippen LogP) is 1.90. The van der Waals surface area contributed by atoms with Crippen LogP contribution in [0.1, 0.15) is 43.0 Å². The van der Waals surface area contributed by atoms with Crippen molar-refractivity contribution in [3.8, 4) is 0 Å². The van der Waals surface area contributed by atoms with E-state index in [4.69, 9.17) is 0 Å². The maximum absolute atomic E-state index is 12.4. The largest absolute Gasteiger partial charge is 0.339 e. The average Bonchev–Trinajstić information content (AvgIpc) is 2.90. The quantitative estimate of drug-likeness (QED) is 0.908. The van der Waals surface area contributed by atoms with Gasteiger partial charge in [-0.15, -0.1) is 0 Å². The molecule has 0 saturated carbocycles. The van der Waals surface area contributed by atoms with Crippen molar-refractivity contribution in [3.05, 3.63) is 34.9 Å². The second kappa shape index (κ2) is 7.56. The van der Waals surface area contributed by atoms with Crippen LogP contribution >= 0.6 is 0 Å². The van der Waals surface area contributed by atoms with Crippen molar-refractivity contribution >= 4 is 11.8 Å². The SMILES string of the molecule is CC(=O)N1CCN(C(=O)CCN[C@H]2c3cc(C)ccc3C[C@@H]2C)CC1. The summed E-state index contributed by atoms with van der Waals surface area (Å²) in [7, 11) is 0. The molecular weight excluding hydrogens is 314 g/mol. The van der Waals surface area contributed by atoms with E-state index in [0.717, 1.165) is 6.42 Å². The number of aryl methyl sites for hydroxylation is 1. The van der Waals surface area contributed by atoms with E-state index in [9.17, 15) is 9.59 Å². The Labute approximate surface area is 150 Å². The number of hydrogen-bond acceptors (Lipinski definition) is 3. The van der Waals surface area contributed by atoms with Crippen LogP contribution in [-0.2, 0) is 16.0 Å². The lowest BCUT2D eigenvalue weighted by Crippen LogP contribution is -2.50. The minimum Gasteiger partial charge on any atom is -0.339 e. The van der Waals surface area contributed by atoms with Crippen LogP contribution in [0.5, 0.6) is 0 Å². The van der Waals surface area contributed by atoms with Gasteiger partial charge < -0.3 is 15.1 Å². The van der Waals surface area contributed by atoms with Gasteiger partial charge >= 0.3 is 0 Å². The van der Waals surface area contributed by atoms with Crippen LogP contribution in [0.15, 0.2) is 18.2 Å². The monoisotopic (exact) mass is 343 g/mol. The summed E-state index contributed by atoms with van der Waals surface area (Å²) in [6.07, 6.45) is 1.62. The molecule has 0 bridgehead atoms. The molecule has 1 saturated heterocycles. The standard InChI is InChI=1S/C20H29N3O2/c1-14-4-5-17-13-15(2)20(18(17)12-14)21-7-6-19(25)23-10-8-22(9-11-23)16(3)24/h4-5,12,15,20-21H,6-11,13H2,1-3H3/t15-,20+/m0/s1. The summed E-state index contributed by atoms with van der Waals surface area (Å²) in [4.78, 5) is 27.5. The van der Waals surface area contributed by atoms with Crippen molar-refractivity contribution in [2.45, 2.75) is 39.7 Å². The zero-order chi connectivity index (χ0) is 18.0. The Morgan fingerprint density at radius 3 is 2.52 bits per heavy atom. The first-order valence-corrected chi connectivity index (χ1v) is 9.32. The molecule has 0 radical (unpaired) electrons. The second-order valence-corrected chi connectivity index (χ2v) is 7.45. The van der Waals surface area contributed by atoms with E-state index in [1.54, 1.807) is 6.92 Å². The van der Waals surface area contributed by atoms with Gasteiger partial charge in [-0.3, -0.25) is 9.59 Å². The van der Waals surface area contributed by atoms with Gasteiger partial charge in [-0.05, 0) is 30.4 Å². The fraction of sp³-hybridized carbons (Fsp3) is 0.600. The molecule has 1 N–H and O–H groups in total. The molecule has 1 heterocycles. The van der Waals surface area contributed by atoms with E-state index in [-0.39, 0.29) is 11.8 Å². The topological polar surface area (TPSA) is 52.7 Å². The summed E-state index contributed by atoms with van der Waals surface area (Å²) < 4.78 is 0. The van der Waals surface area contributed by atoms with E-state index >= 15 is 0 Å². The highest BCUT2D eigenvalue weighted by molar-refractivity contribution is 5.77. The molecule has 5 nitrogen and oxygen atoms in total. The number of piperazine rings is 1. The van der Waals surface area contributed by atoms with Crippen molar-refractivity contribution in [1.29, 1.82) is 0 Å². The third-order valence-corrected chi connectivity index (χ3v) is 5.53. The lowest BCUT2D eigenvalue weighted by Gasteiger charge is -2.34. The van der Waals surface area contributed by atoms with Gasteiger partial charge in [-0.25, -0.2) is 0 Å². The number of hydrogen-bond donors (Lipinski definition) is 1.